The minimum Gasteiger partial charge on any atom is -0.354 e. The summed E-state index contributed by atoms with van der Waals surface area (Å²) in [6.07, 6.45) is 3.96. The number of rotatable bonds is 4. The topological polar surface area (TPSA) is 52.7 Å². The average molecular weight is 370 g/mol. The molecule has 0 spiro atoms. The predicted molar refractivity (Wildman–Crippen MR) is 105 cm³/mol. The molecule has 5 heteroatoms. The van der Waals surface area contributed by atoms with Gasteiger partial charge in [0.05, 0.1) is 6.04 Å². The van der Waals surface area contributed by atoms with Crippen LogP contribution in [-0.4, -0.2) is 53.3 Å². The minimum absolute atomic E-state index is 0.00860. The van der Waals surface area contributed by atoms with E-state index in [9.17, 15) is 9.59 Å². The van der Waals surface area contributed by atoms with Crippen molar-refractivity contribution in [2.75, 3.05) is 19.6 Å². The summed E-state index contributed by atoms with van der Waals surface area (Å²) >= 11 is 0. The summed E-state index contributed by atoms with van der Waals surface area (Å²) in [5.74, 6) is 1.29. The van der Waals surface area contributed by atoms with Crippen LogP contribution in [0.1, 0.15) is 43.7 Å². The van der Waals surface area contributed by atoms with E-state index in [0.717, 1.165) is 32.5 Å². The van der Waals surface area contributed by atoms with Crippen LogP contribution >= 0.6 is 0 Å². The first kappa shape index (κ1) is 18.5. The molecule has 3 fully saturated rings. The molecule has 2 amide bonds. The second-order valence-corrected chi connectivity index (χ2v) is 8.64. The number of piperidine rings is 3. The Balaban J connectivity index is 1.55. The molecule has 1 aromatic rings. The molecule has 3 saturated heterocycles. The summed E-state index contributed by atoms with van der Waals surface area (Å²) in [5, 5.41) is 2.99. The summed E-state index contributed by atoms with van der Waals surface area (Å²) in [7, 11) is 0. The summed E-state index contributed by atoms with van der Waals surface area (Å²) in [6, 6.07) is 9.11. The van der Waals surface area contributed by atoms with Crippen molar-refractivity contribution in [3.05, 3.63) is 35.4 Å². The molecule has 2 bridgehead atoms. The molecule has 0 aromatic heterocycles. The Kier molecular flexibility index (Phi) is 5.22. The third kappa shape index (κ3) is 3.75. The van der Waals surface area contributed by atoms with Crippen LogP contribution in [0.15, 0.2) is 24.3 Å². The highest BCUT2D eigenvalue weighted by atomic mass is 16.2. The van der Waals surface area contributed by atoms with Crippen LogP contribution in [0.25, 0.3) is 0 Å². The first-order valence-corrected chi connectivity index (χ1v) is 10.4. The van der Waals surface area contributed by atoms with Crippen LogP contribution in [0.5, 0.6) is 0 Å². The summed E-state index contributed by atoms with van der Waals surface area (Å²) in [4.78, 5) is 29.0. The molecule has 1 N–H and O–H groups in total. The van der Waals surface area contributed by atoms with Gasteiger partial charge in [-0.15, -0.1) is 0 Å². The normalized spacial score (nSPS) is 30.7. The zero-order chi connectivity index (χ0) is 19.0. The van der Waals surface area contributed by atoms with Gasteiger partial charge in [-0.05, 0) is 49.1 Å². The van der Waals surface area contributed by atoms with Crippen molar-refractivity contribution in [2.24, 2.45) is 11.8 Å². The van der Waals surface area contributed by atoms with Gasteiger partial charge in [-0.25, -0.2) is 0 Å². The fourth-order valence-electron chi connectivity index (χ4n) is 5.54. The number of nitrogens with one attached hydrogen (secondary N) is 1. The van der Waals surface area contributed by atoms with Crippen molar-refractivity contribution < 1.29 is 9.59 Å². The lowest BCUT2D eigenvalue weighted by atomic mass is 9.72. The Morgan fingerprint density at radius 1 is 1.22 bits per heavy atom. The maximum absolute atomic E-state index is 12.7. The molecule has 0 radical (unpaired) electrons. The molecular weight excluding hydrogens is 338 g/mol. The minimum atomic E-state index is -0.00860. The van der Waals surface area contributed by atoms with Crippen LogP contribution in [0.2, 0.25) is 0 Å². The van der Waals surface area contributed by atoms with Gasteiger partial charge in [0.2, 0.25) is 11.8 Å². The molecule has 3 aliphatic heterocycles. The molecule has 4 atom stereocenters. The zero-order valence-corrected chi connectivity index (χ0v) is 16.5. The van der Waals surface area contributed by atoms with Gasteiger partial charge in [0, 0.05) is 45.6 Å². The SMILES string of the molecule is CC(=O)NC[C@H]1[C@H]2C[C@H](CN(Cc3ccccc3C)C2)[C@@H]2CCCC(=O)N21. The van der Waals surface area contributed by atoms with E-state index in [4.69, 9.17) is 0 Å². The standard InChI is InChI=1S/C22H31N3O2/c1-15-6-3-4-7-17(15)12-24-13-18-10-19(14-24)21(11-23-16(2)26)25-20(18)8-5-9-22(25)27/h3-4,6-7,18-21H,5,8-14H2,1-2H3,(H,23,26)/t18-,19+,20+,21+/m1/s1. The first-order valence-electron chi connectivity index (χ1n) is 10.4. The van der Waals surface area contributed by atoms with Gasteiger partial charge in [0.25, 0.3) is 0 Å². The molecule has 3 aliphatic rings. The number of carbonyl (C=O) groups excluding carboxylic acids is 2. The number of nitrogens with zero attached hydrogens (tertiary/aromatic N) is 2. The van der Waals surface area contributed by atoms with Gasteiger partial charge in [-0.3, -0.25) is 14.5 Å². The maximum Gasteiger partial charge on any atom is 0.223 e. The molecule has 1 aromatic carbocycles. The molecule has 5 nitrogen and oxygen atoms in total. The Morgan fingerprint density at radius 3 is 2.78 bits per heavy atom. The van der Waals surface area contributed by atoms with Gasteiger partial charge in [0.15, 0.2) is 0 Å². The van der Waals surface area contributed by atoms with Crippen molar-refractivity contribution >= 4 is 11.8 Å². The number of likely N-dealkylation sites (tertiary alicyclic amines) is 1. The van der Waals surface area contributed by atoms with Crippen molar-refractivity contribution in [3.63, 3.8) is 0 Å². The van der Waals surface area contributed by atoms with Gasteiger partial charge >= 0.3 is 0 Å². The van der Waals surface area contributed by atoms with E-state index >= 15 is 0 Å². The number of amides is 2. The van der Waals surface area contributed by atoms with Gasteiger partial charge in [-0.2, -0.15) is 0 Å². The number of carbonyl (C=O) groups is 2. The summed E-state index contributed by atoms with van der Waals surface area (Å²) < 4.78 is 0. The smallest absolute Gasteiger partial charge is 0.223 e. The highest BCUT2D eigenvalue weighted by Gasteiger charge is 2.49. The fourth-order valence-corrected chi connectivity index (χ4v) is 5.54. The van der Waals surface area contributed by atoms with Crippen LogP contribution in [-0.2, 0) is 16.1 Å². The number of hydrogen-bond acceptors (Lipinski definition) is 3. The van der Waals surface area contributed by atoms with Gasteiger partial charge < -0.3 is 10.2 Å². The first-order chi connectivity index (χ1) is 13.0. The van der Waals surface area contributed by atoms with E-state index in [0.29, 0.717) is 36.8 Å². The lowest BCUT2D eigenvalue weighted by Gasteiger charge is -2.56. The Labute approximate surface area is 162 Å². The molecular formula is C22H31N3O2. The van der Waals surface area contributed by atoms with Crippen molar-refractivity contribution in [3.8, 4) is 0 Å². The van der Waals surface area contributed by atoms with Crippen LogP contribution in [0.4, 0.5) is 0 Å². The van der Waals surface area contributed by atoms with E-state index in [1.165, 1.54) is 17.5 Å². The third-order valence-corrected chi connectivity index (χ3v) is 6.79. The average Bonchev–Trinajstić information content (AvgIpc) is 2.64. The van der Waals surface area contributed by atoms with Crippen molar-refractivity contribution in [1.82, 2.24) is 15.1 Å². The second kappa shape index (κ2) is 7.63. The van der Waals surface area contributed by atoms with Crippen LogP contribution < -0.4 is 5.32 Å². The van der Waals surface area contributed by atoms with Gasteiger partial charge in [-0.1, -0.05) is 24.3 Å². The Hall–Kier alpha value is -1.88. The monoisotopic (exact) mass is 369 g/mol. The molecule has 0 saturated carbocycles. The summed E-state index contributed by atoms with van der Waals surface area (Å²) in [5.41, 5.74) is 2.74. The van der Waals surface area contributed by atoms with Crippen molar-refractivity contribution in [2.45, 2.75) is 58.2 Å². The summed E-state index contributed by atoms with van der Waals surface area (Å²) in [6.45, 7) is 7.39. The second-order valence-electron chi connectivity index (χ2n) is 8.64. The number of benzene rings is 1. The zero-order valence-electron chi connectivity index (χ0n) is 16.5. The molecule has 4 rings (SSSR count). The maximum atomic E-state index is 12.7. The highest BCUT2D eigenvalue weighted by molar-refractivity contribution is 5.78. The molecule has 3 heterocycles. The van der Waals surface area contributed by atoms with E-state index in [-0.39, 0.29) is 11.9 Å². The number of fused-ring (bicyclic) bond motifs is 4. The quantitative estimate of drug-likeness (QED) is 0.886. The van der Waals surface area contributed by atoms with E-state index in [1.54, 1.807) is 6.92 Å². The lowest BCUT2D eigenvalue weighted by molar-refractivity contribution is -0.153. The predicted octanol–water partition coefficient (Wildman–Crippen LogP) is 2.33. The molecule has 0 aliphatic carbocycles. The van der Waals surface area contributed by atoms with Crippen molar-refractivity contribution in [1.29, 1.82) is 0 Å². The number of aryl methyl sites for hydroxylation is 1. The van der Waals surface area contributed by atoms with Crippen LogP contribution in [0.3, 0.4) is 0 Å². The number of hydrogen-bond donors (Lipinski definition) is 1. The Morgan fingerprint density at radius 2 is 2.00 bits per heavy atom. The third-order valence-electron chi connectivity index (χ3n) is 6.79. The lowest BCUT2D eigenvalue weighted by Crippen LogP contribution is -2.66. The van der Waals surface area contributed by atoms with E-state index < -0.39 is 0 Å². The molecule has 0 unspecified atom stereocenters. The van der Waals surface area contributed by atoms with Gasteiger partial charge in [0.1, 0.15) is 0 Å². The molecule has 27 heavy (non-hydrogen) atoms. The highest BCUT2D eigenvalue weighted by Crippen LogP contribution is 2.41. The Bertz CT molecular complexity index is 719. The van der Waals surface area contributed by atoms with E-state index in [1.807, 2.05) is 0 Å². The van der Waals surface area contributed by atoms with E-state index in [2.05, 4.69) is 46.3 Å². The molecule has 146 valence electrons. The largest absolute Gasteiger partial charge is 0.354 e. The fraction of sp³-hybridized carbons (Fsp3) is 0.636. The van der Waals surface area contributed by atoms with Crippen LogP contribution in [0, 0.1) is 18.8 Å².